The third kappa shape index (κ3) is 4.60. The number of pyridine rings is 1. The fourth-order valence-electron chi connectivity index (χ4n) is 4.60. The Morgan fingerprint density at radius 2 is 2.03 bits per heavy atom. The van der Waals surface area contributed by atoms with E-state index in [1.54, 1.807) is 17.1 Å². The second-order valence-electron chi connectivity index (χ2n) is 8.95. The molecule has 0 spiro atoms. The Kier molecular flexibility index (Phi) is 6.18. The number of aryl methyl sites for hydroxylation is 1. The first-order valence-electron chi connectivity index (χ1n) is 11.4. The highest BCUT2D eigenvalue weighted by atomic mass is 79.9. The lowest BCUT2D eigenvalue weighted by Crippen LogP contribution is -2.34. The highest BCUT2D eigenvalue weighted by Gasteiger charge is 2.36. The molecule has 0 radical (unpaired) electrons. The van der Waals surface area contributed by atoms with E-state index in [0.29, 0.717) is 44.5 Å². The Morgan fingerprint density at radius 3 is 2.88 bits per heavy atom. The molecule has 34 heavy (non-hydrogen) atoms. The fourth-order valence-corrected chi connectivity index (χ4v) is 5.08. The summed E-state index contributed by atoms with van der Waals surface area (Å²) in [6, 6.07) is 15.8. The van der Waals surface area contributed by atoms with Crippen molar-refractivity contribution in [2.75, 3.05) is 13.1 Å². The minimum absolute atomic E-state index is 0.0636. The number of rotatable bonds is 4. The zero-order chi connectivity index (χ0) is 23.7. The van der Waals surface area contributed by atoms with Crippen LogP contribution in [0.5, 0.6) is 0 Å². The molecule has 1 aliphatic rings. The van der Waals surface area contributed by atoms with E-state index < -0.39 is 5.60 Å². The first-order valence-corrected chi connectivity index (χ1v) is 12.2. The van der Waals surface area contributed by atoms with Crippen molar-refractivity contribution in [3.05, 3.63) is 82.2 Å². The number of amides is 1. The molecule has 1 atom stereocenters. The summed E-state index contributed by atoms with van der Waals surface area (Å²) in [5.41, 5.74) is 3.25. The van der Waals surface area contributed by atoms with Crippen LogP contribution in [0.1, 0.15) is 36.1 Å². The molecule has 1 unspecified atom stereocenters. The monoisotopic (exact) mass is 519 g/mol. The van der Waals surface area contributed by atoms with Gasteiger partial charge in [0.05, 0.1) is 23.8 Å². The Morgan fingerprint density at radius 1 is 1.15 bits per heavy atom. The standard InChI is InChI=1S/C26H26BrN5O2/c1-18-14-21(27)7-8-23(18)32-17-24(29-30-32)26(34)9-3-12-31(13-10-26)25(33)16-19-5-6-20-4-2-11-28-22(20)15-19/h2,4-8,11,14-15,17,34H,3,9-10,12-13,16H2,1H3. The summed E-state index contributed by atoms with van der Waals surface area (Å²) in [4.78, 5) is 19.3. The summed E-state index contributed by atoms with van der Waals surface area (Å²) in [5.74, 6) is 0.0636. The zero-order valence-electron chi connectivity index (χ0n) is 19.0. The lowest BCUT2D eigenvalue weighted by molar-refractivity contribution is -0.130. The maximum Gasteiger partial charge on any atom is 0.226 e. The van der Waals surface area contributed by atoms with Gasteiger partial charge in [-0.1, -0.05) is 39.3 Å². The summed E-state index contributed by atoms with van der Waals surface area (Å²) in [5, 5.41) is 21.1. The minimum Gasteiger partial charge on any atom is -0.383 e. The summed E-state index contributed by atoms with van der Waals surface area (Å²) in [6.45, 7) is 3.11. The third-order valence-electron chi connectivity index (χ3n) is 6.57. The Bertz CT molecular complexity index is 1350. The molecule has 1 N–H and O–H groups in total. The molecule has 5 rings (SSSR count). The summed E-state index contributed by atoms with van der Waals surface area (Å²) >= 11 is 3.48. The van der Waals surface area contributed by atoms with E-state index in [9.17, 15) is 9.90 Å². The van der Waals surface area contributed by atoms with Crippen molar-refractivity contribution in [3.8, 4) is 5.69 Å². The SMILES string of the molecule is Cc1cc(Br)ccc1-n1cc(C2(O)CCCN(C(=O)Cc3ccc4cccnc4c3)CC2)nn1. The van der Waals surface area contributed by atoms with Gasteiger partial charge >= 0.3 is 0 Å². The summed E-state index contributed by atoms with van der Waals surface area (Å²) in [6.07, 6.45) is 5.55. The van der Waals surface area contributed by atoms with Gasteiger partial charge in [0.1, 0.15) is 11.3 Å². The van der Waals surface area contributed by atoms with Crippen molar-refractivity contribution >= 4 is 32.7 Å². The van der Waals surface area contributed by atoms with Crippen molar-refractivity contribution in [3.63, 3.8) is 0 Å². The average Bonchev–Trinajstić information content (AvgIpc) is 3.23. The second-order valence-corrected chi connectivity index (χ2v) is 9.87. The van der Waals surface area contributed by atoms with Crippen LogP contribution < -0.4 is 0 Å². The number of hydrogen-bond acceptors (Lipinski definition) is 5. The van der Waals surface area contributed by atoms with E-state index in [1.807, 2.05) is 60.4 Å². The van der Waals surface area contributed by atoms with E-state index in [2.05, 4.69) is 31.2 Å². The molecule has 8 heteroatoms. The first kappa shape index (κ1) is 22.7. The second kappa shape index (κ2) is 9.27. The molecule has 0 aliphatic carbocycles. The van der Waals surface area contributed by atoms with Gasteiger partial charge in [0.15, 0.2) is 0 Å². The zero-order valence-corrected chi connectivity index (χ0v) is 20.6. The Hall–Kier alpha value is -3.10. The van der Waals surface area contributed by atoms with Gasteiger partial charge in [-0.05, 0) is 67.6 Å². The molecule has 1 aliphatic heterocycles. The number of aromatic nitrogens is 4. The summed E-state index contributed by atoms with van der Waals surface area (Å²) < 4.78 is 2.71. The number of hydrogen-bond donors (Lipinski definition) is 1. The van der Waals surface area contributed by atoms with Crippen LogP contribution in [0.2, 0.25) is 0 Å². The van der Waals surface area contributed by atoms with Gasteiger partial charge in [0, 0.05) is 29.1 Å². The molecule has 7 nitrogen and oxygen atoms in total. The normalized spacial score (nSPS) is 18.7. The summed E-state index contributed by atoms with van der Waals surface area (Å²) in [7, 11) is 0. The minimum atomic E-state index is -1.11. The predicted molar refractivity (Wildman–Crippen MR) is 134 cm³/mol. The van der Waals surface area contributed by atoms with Gasteiger partial charge in [-0.2, -0.15) is 0 Å². The molecule has 4 aromatic rings. The highest BCUT2D eigenvalue weighted by Crippen LogP contribution is 2.32. The smallest absolute Gasteiger partial charge is 0.226 e. The van der Waals surface area contributed by atoms with Crippen LogP contribution in [-0.4, -0.2) is 49.0 Å². The van der Waals surface area contributed by atoms with Crippen LogP contribution in [0.4, 0.5) is 0 Å². The van der Waals surface area contributed by atoms with Gasteiger partial charge < -0.3 is 10.0 Å². The van der Waals surface area contributed by atoms with Gasteiger partial charge in [-0.15, -0.1) is 5.10 Å². The molecular formula is C26H26BrN5O2. The lowest BCUT2D eigenvalue weighted by atomic mass is 9.92. The fraction of sp³-hybridized carbons (Fsp3) is 0.308. The molecular weight excluding hydrogens is 494 g/mol. The lowest BCUT2D eigenvalue weighted by Gasteiger charge is -2.24. The number of benzene rings is 2. The van der Waals surface area contributed by atoms with Crippen LogP contribution in [0.15, 0.2) is 65.4 Å². The van der Waals surface area contributed by atoms with Crippen molar-refractivity contribution in [1.29, 1.82) is 0 Å². The van der Waals surface area contributed by atoms with E-state index >= 15 is 0 Å². The Labute approximate surface area is 206 Å². The number of halogens is 1. The molecule has 2 aromatic heterocycles. The van der Waals surface area contributed by atoms with E-state index in [1.165, 1.54) is 0 Å². The molecule has 0 bridgehead atoms. The molecule has 3 heterocycles. The topological polar surface area (TPSA) is 84.1 Å². The predicted octanol–water partition coefficient (Wildman–Crippen LogP) is 4.33. The molecule has 1 saturated heterocycles. The van der Waals surface area contributed by atoms with Gasteiger partial charge in [0.25, 0.3) is 0 Å². The highest BCUT2D eigenvalue weighted by molar-refractivity contribution is 9.10. The van der Waals surface area contributed by atoms with Crippen molar-refractivity contribution in [2.45, 2.75) is 38.2 Å². The molecule has 1 fully saturated rings. The van der Waals surface area contributed by atoms with Crippen LogP contribution >= 0.6 is 15.9 Å². The molecule has 2 aromatic carbocycles. The maximum absolute atomic E-state index is 13.0. The number of carbonyl (C=O) groups is 1. The van der Waals surface area contributed by atoms with Crippen LogP contribution in [0.25, 0.3) is 16.6 Å². The van der Waals surface area contributed by atoms with Crippen molar-refractivity contribution < 1.29 is 9.90 Å². The number of nitrogens with zero attached hydrogens (tertiary/aromatic N) is 5. The Balaban J connectivity index is 1.28. The number of aliphatic hydroxyl groups is 1. The van der Waals surface area contributed by atoms with E-state index in [0.717, 1.165) is 32.2 Å². The number of fused-ring (bicyclic) bond motifs is 1. The molecule has 1 amide bonds. The van der Waals surface area contributed by atoms with Crippen LogP contribution in [0, 0.1) is 6.92 Å². The van der Waals surface area contributed by atoms with Gasteiger partial charge in [0.2, 0.25) is 5.91 Å². The average molecular weight is 520 g/mol. The first-order chi connectivity index (χ1) is 16.4. The van der Waals surface area contributed by atoms with Crippen molar-refractivity contribution in [1.82, 2.24) is 24.9 Å². The van der Waals surface area contributed by atoms with Crippen LogP contribution in [0.3, 0.4) is 0 Å². The molecule has 0 saturated carbocycles. The number of carbonyl (C=O) groups excluding carboxylic acids is 1. The van der Waals surface area contributed by atoms with E-state index in [4.69, 9.17) is 0 Å². The number of likely N-dealkylation sites (tertiary alicyclic amines) is 1. The van der Waals surface area contributed by atoms with Crippen molar-refractivity contribution in [2.24, 2.45) is 0 Å². The van der Waals surface area contributed by atoms with Gasteiger partial charge in [-0.25, -0.2) is 4.68 Å². The van der Waals surface area contributed by atoms with Gasteiger partial charge in [-0.3, -0.25) is 9.78 Å². The maximum atomic E-state index is 13.0. The van der Waals surface area contributed by atoms with Crippen LogP contribution in [-0.2, 0) is 16.8 Å². The van der Waals surface area contributed by atoms with E-state index in [-0.39, 0.29) is 5.91 Å². The quantitative estimate of drug-likeness (QED) is 0.433. The third-order valence-corrected chi connectivity index (χ3v) is 7.06. The largest absolute Gasteiger partial charge is 0.383 e. The molecule has 174 valence electrons.